The van der Waals surface area contributed by atoms with Gasteiger partial charge in [-0.05, 0) is 54.7 Å². The number of thiophene rings is 1. The predicted octanol–water partition coefficient (Wildman–Crippen LogP) is 2.79. The molecule has 1 aromatic rings. The lowest BCUT2D eigenvalue weighted by Gasteiger charge is -2.18. The molecule has 1 aliphatic carbocycles. The van der Waals surface area contributed by atoms with Crippen LogP contribution in [-0.4, -0.2) is 19.1 Å². The number of nitrogens with one attached hydrogen (secondary N) is 2. The number of aryl methyl sites for hydroxylation is 1. The Kier molecular flexibility index (Phi) is 4.02. The van der Waals surface area contributed by atoms with Gasteiger partial charge in [-0.25, -0.2) is 0 Å². The van der Waals surface area contributed by atoms with Gasteiger partial charge in [-0.1, -0.05) is 13.3 Å². The van der Waals surface area contributed by atoms with Crippen LogP contribution in [0.15, 0.2) is 11.4 Å². The Morgan fingerprint density at radius 1 is 1.44 bits per heavy atom. The van der Waals surface area contributed by atoms with E-state index in [0.717, 1.165) is 37.4 Å². The normalized spacial score (nSPS) is 30.8. The van der Waals surface area contributed by atoms with Crippen LogP contribution in [0.5, 0.6) is 0 Å². The van der Waals surface area contributed by atoms with Crippen molar-refractivity contribution in [1.29, 1.82) is 0 Å². The zero-order chi connectivity index (χ0) is 12.4. The highest BCUT2D eigenvalue weighted by molar-refractivity contribution is 7.10. The topological polar surface area (TPSA) is 24.1 Å². The first-order chi connectivity index (χ1) is 8.88. The maximum absolute atomic E-state index is 3.71. The quantitative estimate of drug-likeness (QED) is 0.854. The van der Waals surface area contributed by atoms with Crippen LogP contribution in [0.4, 0.5) is 0 Å². The van der Waals surface area contributed by atoms with E-state index < -0.39 is 0 Å². The monoisotopic (exact) mass is 264 g/mol. The lowest BCUT2D eigenvalue weighted by atomic mass is 9.94. The lowest BCUT2D eigenvalue weighted by Crippen LogP contribution is -2.37. The van der Waals surface area contributed by atoms with Crippen molar-refractivity contribution in [3.63, 3.8) is 0 Å². The molecule has 2 heterocycles. The summed E-state index contributed by atoms with van der Waals surface area (Å²) in [6.07, 6.45) is 5.52. The minimum atomic E-state index is 0.725. The van der Waals surface area contributed by atoms with E-state index >= 15 is 0 Å². The van der Waals surface area contributed by atoms with Crippen LogP contribution in [0, 0.1) is 11.8 Å². The van der Waals surface area contributed by atoms with Crippen LogP contribution < -0.4 is 10.6 Å². The third-order valence-electron chi connectivity index (χ3n) is 4.75. The van der Waals surface area contributed by atoms with E-state index in [-0.39, 0.29) is 0 Å². The van der Waals surface area contributed by atoms with E-state index in [1.54, 1.807) is 0 Å². The zero-order valence-corrected chi connectivity index (χ0v) is 12.1. The number of fused-ring (bicyclic) bond motifs is 1. The molecule has 0 bridgehead atoms. The fourth-order valence-electron chi connectivity index (χ4n) is 3.70. The highest BCUT2D eigenvalue weighted by Crippen LogP contribution is 2.37. The van der Waals surface area contributed by atoms with Gasteiger partial charge in [-0.15, -0.1) is 11.3 Å². The number of rotatable bonds is 5. The van der Waals surface area contributed by atoms with Crippen molar-refractivity contribution in [1.82, 2.24) is 10.6 Å². The van der Waals surface area contributed by atoms with E-state index in [0.29, 0.717) is 0 Å². The van der Waals surface area contributed by atoms with E-state index in [9.17, 15) is 0 Å². The van der Waals surface area contributed by atoms with E-state index in [1.807, 2.05) is 11.3 Å². The molecule has 2 fully saturated rings. The Bertz CT molecular complexity index is 388. The lowest BCUT2D eigenvalue weighted by molar-refractivity contribution is 0.393. The third kappa shape index (κ3) is 2.49. The van der Waals surface area contributed by atoms with Crippen molar-refractivity contribution in [2.24, 2.45) is 11.8 Å². The molecular weight excluding hydrogens is 240 g/mol. The summed E-state index contributed by atoms with van der Waals surface area (Å²) in [5.74, 6) is 1.93. The Balaban J connectivity index is 1.47. The highest BCUT2D eigenvalue weighted by atomic mass is 32.1. The van der Waals surface area contributed by atoms with Crippen molar-refractivity contribution in [3.8, 4) is 0 Å². The van der Waals surface area contributed by atoms with Crippen molar-refractivity contribution in [3.05, 3.63) is 21.9 Å². The summed E-state index contributed by atoms with van der Waals surface area (Å²) in [5, 5.41) is 9.59. The molecule has 1 saturated heterocycles. The number of hydrogen-bond acceptors (Lipinski definition) is 3. The van der Waals surface area contributed by atoms with Crippen molar-refractivity contribution < 1.29 is 0 Å². The predicted molar refractivity (Wildman–Crippen MR) is 78.0 cm³/mol. The molecule has 3 rings (SSSR count). The van der Waals surface area contributed by atoms with Gasteiger partial charge in [0.1, 0.15) is 0 Å². The summed E-state index contributed by atoms with van der Waals surface area (Å²) in [4.78, 5) is 1.53. The van der Waals surface area contributed by atoms with Gasteiger partial charge in [-0.2, -0.15) is 0 Å². The highest BCUT2D eigenvalue weighted by Gasteiger charge is 2.38. The molecule has 3 heteroatoms. The van der Waals surface area contributed by atoms with Gasteiger partial charge in [0.15, 0.2) is 0 Å². The molecule has 1 aliphatic heterocycles. The standard InChI is InChI=1S/C15H24N2S/c1-2-11-6-7-18-15(11)10-16-9-14-13-5-3-4-12(13)8-17-14/h6-7,12-14,16-17H,2-5,8-10H2,1H3. The molecule has 3 unspecified atom stereocenters. The molecule has 1 saturated carbocycles. The molecule has 0 radical (unpaired) electrons. The molecular formula is C15H24N2S. The third-order valence-corrected chi connectivity index (χ3v) is 5.71. The van der Waals surface area contributed by atoms with E-state index in [1.165, 1.54) is 36.2 Å². The first-order valence-corrected chi connectivity index (χ1v) is 8.25. The molecule has 2 nitrogen and oxygen atoms in total. The van der Waals surface area contributed by atoms with Gasteiger partial charge >= 0.3 is 0 Å². The first-order valence-electron chi connectivity index (χ1n) is 7.38. The second-order valence-corrected chi connectivity index (χ2v) is 6.72. The van der Waals surface area contributed by atoms with Gasteiger partial charge in [0.25, 0.3) is 0 Å². The molecule has 2 aliphatic rings. The largest absolute Gasteiger partial charge is 0.312 e. The second kappa shape index (κ2) is 5.72. The van der Waals surface area contributed by atoms with Gasteiger partial charge < -0.3 is 10.6 Å². The van der Waals surface area contributed by atoms with Gasteiger partial charge in [0, 0.05) is 24.0 Å². The summed E-state index contributed by atoms with van der Waals surface area (Å²) in [6, 6.07) is 2.99. The summed E-state index contributed by atoms with van der Waals surface area (Å²) in [7, 11) is 0. The minimum absolute atomic E-state index is 0.725. The summed E-state index contributed by atoms with van der Waals surface area (Å²) in [5.41, 5.74) is 1.52. The summed E-state index contributed by atoms with van der Waals surface area (Å²) >= 11 is 1.89. The van der Waals surface area contributed by atoms with Crippen LogP contribution in [0.3, 0.4) is 0 Å². The fraction of sp³-hybridized carbons (Fsp3) is 0.733. The van der Waals surface area contributed by atoms with Crippen molar-refractivity contribution >= 4 is 11.3 Å². The first kappa shape index (κ1) is 12.6. The molecule has 0 aromatic carbocycles. The molecule has 0 spiro atoms. The molecule has 3 atom stereocenters. The molecule has 0 amide bonds. The Hall–Kier alpha value is -0.380. The van der Waals surface area contributed by atoms with Crippen molar-refractivity contribution in [2.75, 3.05) is 13.1 Å². The molecule has 2 N–H and O–H groups in total. The fourth-order valence-corrected chi connectivity index (χ4v) is 4.65. The minimum Gasteiger partial charge on any atom is -0.312 e. The molecule has 100 valence electrons. The van der Waals surface area contributed by atoms with Gasteiger partial charge in [-0.3, -0.25) is 0 Å². The van der Waals surface area contributed by atoms with Crippen LogP contribution >= 0.6 is 11.3 Å². The van der Waals surface area contributed by atoms with Crippen LogP contribution in [0.1, 0.15) is 36.6 Å². The summed E-state index contributed by atoms with van der Waals surface area (Å²) < 4.78 is 0. The van der Waals surface area contributed by atoms with Gasteiger partial charge in [0.2, 0.25) is 0 Å². The summed E-state index contributed by atoms with van der Waals surface area (Å²) in [6.45, 7) is 5.70. The average Bonchev–Trinajstić information content (AvgIpc) is 3.06. The maximum atomic E-state index is 3.71. The number of hydrogen-bond donors (Lipinski definition) is 2. The van der Waals surface area contributed by atoms with Crippen LogP contribution in [0.2, 0.25) is 0 Å². The Morgan fingerprint density at radius 3 is 3.28 bits per heavy atom. The molecule has 18 heavy (non-hydrogen) atoms. The zero-order valence-electron chi connectivity index (χ0n) is 11.2. The van der Waals surface area contributed by atoms with Crippen LogP contribution in [0.25, 0.3) is 0 Å². The maximum Gasteiger partial charge on any atom is 0.0303 e. The SMILES string of the molecule is CCc1ccsc1CNCC1NCC2CCCC21. The smallest absolute Gasteiger partial charge is 0.0303 e. The van der Waals surface area contributed by atoms with E-state index in [4.69, 9.17) is 0 Å². The van der Waals surface area contributed by atoms with Crippen molar-refractivity contribution in [2.45, 2.75) is 45.2 Å². The second-order valence-electron chi connectivity index (χ2n) is 5.72. The Morgan fingerprint density at radius 2 is 2.39 bits per heavy atom. The molecule has 1 aromatic heterocycles. The van der Waals surface area contributed by atoms with Gasteiger partial charge in [0.05, 0.1) is 0 Å². The average molecular weight is 264 g/mol. The Labute approximate surface area is 114 Å². The van der Waals surface area contributed by atoms with Crippen LogP contribution in [-0.2, 0) is 13.0 Å². The van der Waals surface area contributed by atoms with E-state index in [2.05, 4.69) is 29.0 Å².